The van der Waals surface area contributed by atoms with Gasteiger partial charge in [-0.25, -0.2) is 0 Å². The van der Waals surface area contributed by atoms with Gasteiger partial charge in [-0.15, -0.1) is 0 Å². The summed E-state index contributed by atoms with van der Waals surface area (Å²) in [4.78, 5) is 11.9. The number of para-hydroxylation sites is 1. The van der Waals surface area contributed by atoms with E-state index in [1.165, 1.54) is 17.8 Å². The number of rotatable bonds is 4. The first kappa shape index (κ1) is 13.9. The molecule has 0 radical (unpaired) electrons. The van der Waals surface area contributed by atoms with Crippen LogP contribution in [0.4, 0.5) is 5.69 Å². The Morgan fingerprint density at radius 1 is 1.21 bits per heavy atom. The minimum Gasteiger partial charge on any atom is -0.326 e. The van der Waals surface area contributed by atoms with Crippen LogP contribution in [0.25, 0.3) is 0 Å². The molecule has 0 amide bonds. The minimum atomic E-state index is -0.401. The summed E-state index contributed by atoms with van der Waals surface area (Å²) in [7, 11) is 0. The van der Waals surface area contributed by atoms with E-state index in [4.69, 9.17) is 17.3 Å². The maximum Gasteiger partial charge on any atom is 0.283 e. The van der Waals surface area contributed by atoms with E-state index in [2.05, 4.69) is 0 Å². The number of benzene rings is 2. The fourth-order valence-electron chi connectivity index (χ4n) is 1.63. The van der Waals surface area contributed by atoms with E-state index >= 15 is 0 Å². The Kier molecular flexibility index (Phi) is 4.42. The summed E-state index contributed by atoms with van der Waals surface area (Å²) in [5.74, 6) is 0. The molecular weight excluding hydrogens is 284 g/mol. The largest absolute Gasteiger partial charge is 0.326 e. The molecule has 2 N–H and O–H groups in total. The first-order valence-electron chi connectivity index (χ1n) is 5.52. The second kappa shape index (κ2) is 6.06. The number of hydrogen-bond acceptors (Lipinski definition) is 4. The summed E-state index contributed by atoms with van der Waals surface area (Å²) >= 11 is 7.41. The molecule has 0 aliphatic rings. The molecule has 0 bridgehead atoms. The van der Waals surface area contributed by atoms with Crippen molar-refractivity contribution in [3.8, 4) is 0 Å². The molecule has 0 saturated heterocycles. The van der Waals surface area contributed by atoms with Crippen LogP contribution in [-0.2, 0) is 6.54 Å². The van der Waals surface area contributed by atoms with Crippen molar-refractivity contribution in [2.75, 3.05) is 0 Å². The lowest BCUT2D eigenvalue weighted by Crippen LogP contribution is -1.99. The van der Waals surface area contributed by atoms with Crippen LogP contribution in [0.5, 0.6) is 0 Å². The van der Waals surface area contributed by atoms with Crippen LogP contribution in [-0.4, -0.2) is 4.92 Å². The lowest BCUT2D eigenvalue weighted by atomic mass is 10.2. The minimum absolute atomic E-state index is 0.0652. The van der Waals surface area contributed by atoms with Gasteiger partial charge in [0, 0.05) is 17.5 Å². The van der Waals surface area contributed by atoms with Gasteiger partial charge in [-0.1, -0.05) is 47.6 Å². The predicted molar refractivity (Wildman–Crippen MR) is 76.6 cm³/mol. The van der Waals surface area contributed by atoms with Crippen LogP contribution < -0.4 is 5.73 Å². The van der Waals surface area contributed by atoms with Crippen molar-refractivity contribution in [1.29, 1.82) is 0 Å². The van der Waals surface area contributed by atoms with Crippen molar-refractivity contribution in [3.63, 3.8) is 0 Å². The van der Waals surface area contributed by atoms with Crippen molar-refractivity contribution in [2.45, 2.75) is 16.3 Å². The normalized spacial score (nSPS) is 10.4. The quantitative estimate of drug-likeness (QED) is 0.687. The molecule has 0 aromatic heterocycles. The van der Waals surface area contributed by atoms with Crippen LogP contribution in [0.2, 0.25) is 5.02 Å². The first-order valence-corrected chi connectivity index (χ1v) is 6.71. The van der Waals surface area contributed by atoms with E-state index in [0.29, 0.717) is 16.5 Å². The Morgan fingerprint density at radius 3 is 2.63 bits per heavy atom. The van der Waals surface area contributed by atoms with Gasteiger partial charge in [-0.3, -0.25) is 10.1 Å². The average Bonchev–Trinajstić information content (AvgIpc) is 2.41. The van der Waals surface area contributed by atoms with E-state index in [-0.39, 0.29) is 5.69 Å². The average molecular weight is 295 g/mol. The number of nitrogens with zero attached hydrogens (tertiary/aromatic N) is 1. The van der Waals surface area contributed by atoms with Crippen LogP contribution in [0.3, 0.4) is 0 Å². The monoisotopic (exact) mass is 294 g/mol. The number of nitro groups is 1. The second-order valence-corrected chi connectivity index (χ2v) is 5.22. The Labute approximate surface area is 119 Å². The van der Waals surface area contributed by atoms with Crippen molar-refractivity contribution in [3.05, 3.63) is 63.2 Å². The second-order valence-electron chi connectivity index (χ2n) is 3.76. The molecule has 4 nitrogen and oxygen atoms in total. The van der Waals surface area contributed by atoms with Crippen molar-refractivity contribution in [1.82, 2.24) is 0 Å². The van der Waals surface area contributed by atoms with Gasteiger partial charge in [0.05, 0.1) is 14.8 Å². The summed E-state index contributed by atoms with van der Waals surface area (Å²) in [5.41, 5.74) is 6.60. The van der Waals surface area contributed by atoms with Gasteiger partial charge in [0.15, 0.2) is 0 Å². The lowest BCUT2D eigenvalue weighted by Gasteiger charge is -2.09. The molecule has 6 heteroatoms. The van der Waals surface area contributed by atoms with Crippen molar-refractivity contribution in [2.24, 2.45) is 5.73 Å². The van der Waals surface area contributed by atoms with Gasteiger partial charge >= 0.3 is 0 Å². The third-order valence-corrected chi connectivity index (χ3v) is 4.22. The third kappa shape index (κ3) is 3.07. The number of halogens is 1. The summed E-state index contributed by atoms with van der Waals surface area (Å²) in [5, 5.41) is 11.5. The van der Waals surface area contributed by atoms with Gasteiger partial charge in [0.25, 0.3) is 5.69 Å². The Hall–Kier alpha value is -1.56. The highest BCUT2D eigenvalue weighted by Gasteiger charge is 2.16. The zero-order chi connectivity index (χ0) is 13.8. The molecule has 19 heavy (non-hydrogen) atoms. The smallest absolute Gasteiger partial charge is 0.283 e. The summed E-state index contributed by atoms with van der Waals surface area (Å²) in [6.45, 7) is 0.337. The Bertz CT molecular complexity index is 619. The molecule has 0 spiro atoms. The van der Waals surface area contributed by atoms with E-state index < -0.39 is 4.92 Å². The zero-order valence-corrected chi connectivity index (χ0v) is 11.4. The van der Waals surface area contributed by atoms with Crippen molar-refractivity contribution >= 4 is 29.1 Å². The van der Waals surface area contributed by atoms with E-state index in [1.54, 1.807) is 24.3 Å². The number of nitro benzene ring substituents is 1. The predicted octanol–water partition coefficient (Wildman–Crippen LogP) is 3.86. The maximum atomic E-state index is 11.0. The first-order chi connectivity index (χ1) is 9.13. The topological polar surface area (TPSA) is 69.2 Å². The molecule has 98 valence electrons. The molecule has 0 aliphatic carbocycles. The Balaban J connectivity index is 2.45. The summed E-state index contributed by atoms with van der Waals surface area (Å²) in [6, 6.07) is 12.0. The molecule has 0 aliphatic heterocycles. The van der Waals surface area contributed by atoms with Crippen LogP contribution in [0.1, 0.15) is 5.56 Å². The molecule has 0 unspecified atom stereocenters. The van der Waals surface area contributed by atoms with E-state index in [1.807, 2.05) is 12.1 Å². The van der Waals surface area contributed by atoms with Gasteiger partial charge in [-0.05, 0) is 17.7 Å². The van der Waals surface area contributed by atoms with Crippen molar-refractivity contribution < 1.29 is 4.92 Å². The van der Waals surface area contributed by atoms with Gasteiger partial charge in [0.2, 0.25) is 0 Å². The number of nitrogens with two attached hydrogens (primary N) is 1. The molecule has 2 aromatic rings. The fourth-order valence-corrected chi connectivity index (χ4v) is 3.00. The summed E-state index contributed by atoms with van der Waals surface area (Å²) < 4.78 is 0. The van der Waals surface area contributed by atoms with Gasteiger partial charge in [-0.2, -0.15) is 0 Å². The lowest BCUT2D eigenvalue weighted by molar-refractivity contribution is -0.387. The molecule has 2 aromatic carbocycles. The standard InChI is InChI=1S/C13H11ClN2O2S/c14-10-5-3-4-9(8-15)13(10)19-12-7-2-1-6-11(12)16(17)18/h1-7H,8,15H2. The fraction of sp³-hybridized carbons (Fsp3) is 0.0769. The molecule has 0 saturated carbocycles. The third-order valence-electron chi connectivity index (χ3n) is 2.54. The van der Waals surface area contributed by atoms with E-state index in [9.17, 15) is 10.1 Å². The van der Waals surface area contributed by atoms with Gasteiger partial charge in [0.1, 0.15) is 0 Å². The highest BCUT2D eigenvalue weighted by atomic mass is 35.5. The maximum absolute atomic E-state index is 11.0. The zero-order valence-electron chi connectivity index (χ0n) is 9.88. The van der Waals surface area contributed by atoms with E-state index in [0.717, 1.165) is 10.5 Å². The summed E-state index contributed by atoms with van der Waals surface area (Å²) in [6.07, 6.45) is 0. The molecule has 0 heterocycles. The molecule has 2 rings (SSSR count). The number of hydrogen-bond donors (Lipinski definition) is 1. The SMILES string of the molecule is NCc1cccc(Cl)c1Sc1ccccc1[N+](=O)[O-]. The highest BCUT2D eigenvalue weighted by Crippen LogP contribution is 2.39. The van der Waals surface area contributed by atoms with Crippen LogP contribution in [0, 0.1) is 10.1 Å². The highest BCUT2D eigenvalue weighted by molar-refractivity contribution is 7.99. The molecule has 0 atom stereocenters. The van der Waals surface area contributed by atoms with Crippen LogP contribution >= 0.6 is 23.4 Å². The Morgan fingerprint density at radius 2 is 1.95 bits per heavy atom. The molecule has 0 fully saturated rings. The molecular formula is C13H11ClN2O2S. The van der Waals surface area contributed by atoms with Crippen LogP contribution in [0.15, 0.2) is 52.3 Å². The van der Waals surface area contributed by atoms with Gasteiger partial charge < -0.3 is 5.73 Å².